The number of nitrogens with two attached hydrogens (primary N) is 1. The Hall–Kier alpha value is -2.54. The SMILES string of the molecule is C=C(N1CCN(C(=O)C(=O)ON)CC1)N(C)c1ccccc1. The third kappa shape index (κ3) is 3.37. The normalized spacial score (nSPS) is 14.5. The van der Waals surface area contributed by atoms with Crippen LogP contribution < -0.4 is 10.8 Å². The minimum Gasteiger partial charge on any atom is -0.366 e. The van der Waals surface area contributed by atoms with Crippen molar-refractivity contribution in [2.45, 2.75) is 0 Å². The van der Waals surface area contributed by atoms with Crippen molar-refractivity contribution in [1.29, 1.82) is 0 Å². The van der Waals surface area contributed by atoms with E-state index >= 15 is 0 Å². The van der Waals surface area contributed by atoms with E-state index in [1.165, 1.54) is 4.90 Å². The van der Waals surface area contributed by atoms with E-state index in [0.29, 0.717) is 26.2 Å². The molecule has 22 heavy (non-hydrogen) atoms. The van der Waals surface area contributed by atoms with Gasteiger partial charge in [0.05, 0.1) is 0 Å². The predicted octanol–water partition coefficient (Wildman–Crippen LogP) is 0.155. The number of carbonyl (C=O) groups is 2. The fraction of sp³-hybridized carbons (Fsp3) is 0.333. The molecule has 0 aromatic heterocycles. The maximum Gasteiger partial charge on any atom is 0.415 e. The maximum absolute atomic E-state index is 11.7. The van der Waals surface area contributed by atoms with Crippen molar-refractivity contribution in [2.24, 2.45) is 5.90 Å². The molecule has 1 aliphatic heterocycles. The third-order valence-corrected chi connectivity index (χ3v) is 3.74. The lowest BCUT2D eigenvalue weighted by Crippen LogP contribution is -2.52. The van der Waals surface area contributed by atoms with E-state index in [1.807, 2.05) is 42.3 Å². The standard InChI is InChI=1S/C15H20N4O3/c1-12(17(2)13-6-4-3-5-7-13)18-8-10-19(11-9-18)14(20)15(21)22-16/h3-7H,1,8-11,16H2,2H3. The van der Waals surface area contributed by atoms with Crippen molar-refractivity contribution in [3.63, 3.8) is 0 Å². The molecule has 2 rings (SSSR count). The van der Waals surface area contributed by atoms with Gasteiger partial charge in [-0.15, -0.1) is 0 Å². The zero-order valence-corrected chi connectivity index (χ0v) is 12.6. The van der Waals surface area contributed by atoms with Gasteiger partial charge in [-0.05, 0) is 12.1 Å². The number of amides is 1. The Morgan fingerprint density at radius 3 is 2.23 bits per heavy atom. The van der Waals surface area contributed by atoms with Gasteiger partial charge in [0.15, 0.2) is 0 Å². The first kappa shape index (κ1) is 15.8. The van der Waals surface area contributed by atoms with Gasteiger partial charge in [-0.1, -0.05) is 24.8 Å². The summed E-state index contributed by atoms with van der Waals surface area (Å²) in [6.07, 6.45) is 0. The molecular weight excluding hydrogens is 284 g/mol. The molecule has 1 amide bonds. The van der Waals surface area contributed by atoms with E-state index in [1.54, 1.807) is 0 Å². The second kappa shape index (κ2) is 6.95. The summed E-state index contributed by atoms with van der Waals surface area (Å²) in [5.74, 6) is 3.84. The fourth-order valence-corrected chi connectivity index (χ4v) is 2.36. The molecule has 1 aromatic rings. The van der Waals surface area contributed by atoms with Gasteiger partial charge in [0.2, 0.25) is 0 Å². The number of benzene rings is 1. The summed E-state index contributed by atoms with van der Waals surface area (Å²) in [6, 6.07) is 9.90. The molecule has 1 aromatic carbocycles. The average molecular weight is 304 g/mol. The largest absolute Gasteiger partial charge is 0.415 e. The summed E-state index contributed by atoms with van der Waals surface area (Å²) in [5, 5.41) is 0. The molecule has 0 aliphatic carbocycles. The van der Waals surface area contributed by atoms with Gasteiger partial charge in [0.1, 0.15) is 5.82 Å². The van der Waals surface area contributed by atoms with Crippen LogP contribution in [0.15, 0.2) is 42.7 Å². The number of hydrogen-bond donors (Lipinski definition) is 1. The van der Waals surface area contributed by atoms with Gasteiger partial charge in [-0.3, -0.25) is 4.79 Å². The molecule has 0 atom stereocenters. The van der Waals surface area contributed by atoms with Crippen LogP contribution in [0.2, 0.25) is 0 Å². The van der Waals surface area contributed by atoms with E-state index in [-0.39, 0.29) is 0 Å². The predicted molar refractivity (Wildman–Crippen MR) is 82.4 cm³/mol. The molecular formula is C15H20N4O3. The Labute approximate surface area is 129 Å². The highest BCUT2D eigenvalue weighted by atomic mass is 16.7. The molecule has 1 heterocycles. The number of carbonyl (C=O) groups excluding carboxylic acids is 2. The van der Waals surface area contributed by atoms with Crippen molar-refractivity contribution >= 4 is 17.6 Å². The number of rotatable bonds is 3. The molecule has 1 aliphatic rings. The van der Waals surface area contributed by atoms with Crippen LogP contribution in [0.25, 0.3) is 0 Å². The molecule has 7 nitrogen and oxygen atoms in total. The van der Waals surface area contributed by atoms with Crippen molar-refractivity contribution in [2.75, 3.05) is 38.1 Å². The third-order valence-electron chi connectivity index (χ3n) is 3.74. The molecule has 0 radical (unpaired) electrons. The Kier molecular flexibility index (Phi) is 5.00. The van der Waals surface area contributed by atoms with E-state index in [9.17, 15) is 9.59 Å². The number of hydrogen-bond acceptors (Lipinski definition) is 6. The van der Waals surface area contributed by atoms with Crippen molar-refractivity contribution < 1.29 is 14.4 Å². The minimum absolute atomic E-state index is 0.426. The average Bonchev–Trinajstić information content (AvgIpc) is 2.60. The van der Waals surface area contributed by atoms with Gasteiger partial charge in [-0.2, -0.15) is 5.90 Å². The van der Waals surface area contributed by atoms with Crippen LogP contribution in [0.1, 0.15) is 0 Å². The first-order chi connectivity index (χ1) is 10.5. The summed E-state index contributed by atoms with van der Waals surface area (Å²) in [5.41, 5.74) is 1.04. The zero-order valence-electron chi connectivity index (χ0n) is 12.6. The summed E-state index contributed by atoms with van der Waals surface area (Å²) in [4.78, 5) is 32.3. The Morgan fingerprint density at radius 2 is 1.68 bits per heavy atom. The van der Waals surface area contributed by atoms with Gasteiger partial charge >= 0.3 is 11.9 Å². The quantitative estimate of drug-likeness (QED) is 0.633. The molecule has 2 N–H and O–H groups in total. The summed E-state index contributed by atoms with van der Waals surface area (Å²) < 4.78 is 0. The van der Waals surface area contributed by atoms with Gasteiger partial charge < -0.3 is 19.5 Å². The van der Waals surface area contributed by atoms with Crippen molar-refractivity contribution in [1.82, 2.24) is 9.80 Å². The van der Waals surface area contributed by atoms with Gasteiger partial charge in [0, 0.05) is 38.9 Å². The van der Waals surface area contributed by atoms with Crippen LogP contribution >= 0.6 is 0 Å². The molecule has 1 saturated heterocycles. The molecule has 0 unspecified atom stereocenters. The zero-order chi connectivity index (χ0) is 16.1. The highest BCUT2D eigenvalue weighted by Crippen LogP contribution is 2.19. The minimum atomic E-state index is -1.03. The van der Waals surface area contributed by atoms with Gasteiger partial charge in [-0.25, -0.2) is 4.79 Å². The summed E-state index contributed by atoms with van der Waals surface area (Å²) in [7, 11) is 1.95. The van der Waals surface area contributed by atoms with Crippen LogP contribution in [-0.2, 0) is 14.4 Å². The maximum atomic E-state index is 11.7. The van der Waals surface area contributed by atoms with E-state index in [2.05, 4.69) is 16.3 Å². The van der Waals surface area contributed by atoms with E-state index in [0.717, 1.165) is 11.5 Å². The molecule has 0 bridgehead atoms. The number of piperazine rings is 1. The highest BCUT2D eigenvalue weighted by molar-refractivity contribution is 6.32. The lowest BCUT2D eigenvalue weighted by atomic mass is 10.2. The Bertz CT molecular complexity index is 553. The lowest BCUT2D eigenvalue weighted by Gasteiger charge is -2.39. The van der Waals surface area contributed by atoms with Crippen LogP contribution in [0.4, 0.5) is 5.69 Å². The van der Waals surface area contributed by atoms with E-state index in [4.69, 9.17) is 5.90 Å². The molecule has 7 heteroatoms. The van der Waals surface area contributed by atoms with Crippen LogP contribution in [0.5, 0.6) is 0 Å². The second-order valence-corrected chi connectivity index (χ2v) is 5.00. The van der Waals surface area contributed by atoms with Crippen molar-refractivity contribution in [3.8, 4) is 0 Å². The monoisotopic (exact) mass is 304 g/mol. The fourth-order valence-electron chi connectivity index (χ4n) is 2.36. The van der Waals surface area contributed by atoms with Crippen LogP contribution in [0.3, 0.4) is 0 Å². The first-order valence-electron chi connectivity index (χ1n) is 6.97. The number of para-hydroxylation sites is 1. The number of nitrogens with zero attached hydrogens (tertiary/aromatic N) is 3. The molecule has 1 fully saturated rings. The second-order valence-electron chi connectivity index (χ2n) is 5.00. The molecule has 0 spiro atoms. The highest BCUT2D eigenvalue weighted by Gasteiger charge is 2.28. The molecule has 0 saturated carbocycles. The van der Waals surface area contributed by atoms with Crippen LogP contribution in [0, 0.1) is 0 Å². The Balaban J connectivity index is 1.93. The van der Waals surface area contributed by atoms with Crippen LogP contribution in [-0.4, -0.2) is 54.9 Å². The summed E-state index contributed by atoms with van der Waals surface area (Å²) >= 11 is 0. The molecule has 118 valence electrons. The number of anilines is 1. The first-order valence-corrected chi connectivity index (χ1v) is 6.97. The van der Waals surface area contributed by atoms with Crippen molar-refractivity contribution in [3.05, 3.63) is 42.7 Å². The topological polar surface area (TPSA) is 79.1 Å². The smallest absolute Gasteiger partial charge is 0.366 e. The lowest BCUT2D eigenvalue weighted by molar-refractivity contribution is -0.161. The van der Waals surface area contributed by atoms with E-state index < -0.39 is 11.9 Å². The Morgan fingerprint density at radius 1 is 1.14 bits per heavy atom. The van der Waals surface area contributed by atoms with Gasteiger partial charge in [0.25, 0.3) is 0 Å². The summed E-state index contributed by atoms with van der Waals surface area (Å²) in [6.45, 7) is 6.16.